The van der Waals surface area contributed by atoms with Crippen molar-refractivity contribution in [2.24, 2.45) is 0 Å². The van der Waals surface area contributed by atoms with Crippen LogP contribution in [0.1, 0.15) is 40.0 Å². The van der Waals surface area contributed by atoms with Gasteiger partial charge in [0.05, 0.1) is 18.2 Å². The first-order valence-electron chi connectivity index (χ1n) is 6.19. The number of hydrogen-bond acceptors (Lipinski definition) is 3. The largest absolute Gasteiger partial charge is 0.496 e. The molecule has 0 bridgehead atoms. The number of rotatable bonds is 3. The van der Waals surface area contributed by atoms with Crippen molar-refractivity contribution in [3.05, 3.63) is 29.3 Å². The van der Waals surface area contributed by atoms with E-state index in [1.54, 1.807) is 18.2 Å². The van der Waals surface area contributed by atoms with E-state index in [4.69, 9.17) is 4.74 Å². The summed E-state index contributed by atoms with van der Waals surface area (Å²) in [7, 11) is 1.50. The Morgan fingerprint density at radius 2 is 2.00 bits per heavy atom. The smallest absolute Gasteiger partial charge is 0.254 e. The van der Waals surface area contributed by atoms with Crippen LogP contribution in [0.15, 0.2) is 18.2 Å². The molecule has 1 amide bonds. The fraction of sp³-hybridized carbons (Fsp3) is 0.429. The third-order valence-electron chi connectivity index (χ3n) is 3.28. The van der Waals surface area contributed by atoms with E-state index < -0.39 is 0 Å². The number of piperidine rings is 1. The Morgan fingerprint density at radius 1 is 1.28 bits per heavy atom. The maximum absolute atomic E-state index is 12.4. The Kier molecular flexibility index (Phi) is 3.97. The van der Waals surface area contributed by atoms with Gasteiger partial charge in [-0.25, -0.2) is 0 Å². The molecule has 0 spiro atoms. The summed E-state index contributed by atoms with van der Waals surface area (Å²) in [5.41, 5.74) is 0.779. The predicted molar refractivity (Wildman–Crippen MR) is 68.1 cm³/mol. The Bertz CT molecular complexity index is 450. The van der Waals surface area contributed by atoms with E-state index in [9.17, 15) is 9.59 Å². The molecule has 0 N–H and O–H groups in total. The molecule has 1 fully saturated rings. The van der Waals surface area contributed by atoms with E-state index in [0.29, 0.717) is 23.2 Å². The molecule has 1 aromatic carbocycles. The van der Waals surface area contributed by atoms with Crippen LogP contribution in [0.3, 0.4) is 0 Å². The van der Waals surface area contributed by atoms with E-state index in [1.807, 2.05) is 4.90 Å². The van der Waals surface area contributed by atoms with Crippen molar-refractivity contribution in [1.82, 2.24) is 4.90 Å². The van der Waals surface area contributed by atoms with Crippen LogP contribution in [0.2, 0.25) is 0 Å². The molecular weight excluding hydrogens is 230 g/mol. The molecule has 0 radical (unpaired) electrons. The third kappa shape index (κ3) is 2.37. The lowest BCUT2D eigenvalue weighted by atomic mass is 10.0. The molecule has 1 aliphatic rings. The van der Waals surface area contributed by atoms with Gasteiger partial charge in [0, 0.05) is 13.1 Å². The number of ether oxygens (including phenoxy) is 1. The van der Waals surface area contributed by atoms with Crippen molar-refractivity contribution in [3.63, 3.8) is 0 Å². The topological polar surface area (TPSA) is 46.6 Å². The number of carbonyl (C=O) groups is 2. The quantitative estimate of drug-likeness (QED) is 0.769. The lowest BCUT2D eigenvalue weighted by Gasteiger charge is -2.27. The number of aldehydes is 1. The van der Waals surface area contributed by atoms with Gasteiger partial charge < -0.3 is 9.64 Å². The molecular formula is C14H17NO3. The van der Waals surface area contributed by atoms with Crippen molar-refractivity contribution in [2.45, 2.75) is 19.3 Å². The number of hydrogen-bond donors (Lipinski definition) is 0. The van der Waals surface area contributed by atoms with Crippen molar-refractivity contribution < 1.29 is 14.3 Å². The molecule has 0 aliphatic carbocycles. The van der Waals surface area contributed by atoms with Gasteiger partial charge in [-0.3, -0.25) is 9.59 Å². The second-order valence-electron chi connectivity index (χ2n) is 4.39. The average Bonchev–Trinajstić information content (AvgIpc) is 2.46. The monoisotopic (exact) mass is 247 g/mol. The van der Waals surface area contributed by atoms with Crippen molar-refractivity contribution >= 4 is 12.2 Å². The maximum Gasteiger partial charge on any atom is 0.254 e. The van der Waals surface area contributed by atoms with Crippen LogP contribution in [0.5, 0.6) is 5.75 Å². The number of carbonyl (C=O) groups excluding carboxylic acids is 2. The Labute approximate surface area is 107 Å². The Balaban J connectivity index is 2.31. The van der Waals surface area contributed by atoms with Crippen molar-refractivity contribution in [3.8, 4) is 5.75 Å². The zero-order chi connectivity index (χ0) is 13.0. The van der Waals surface area contributed by atoms with Gasteiger partial charge in [-0.1, -0.05) is 6.07 Å². The number of likely N-dealkylation sites (tertiary alicyclic amines) is 1. The first-order valence-corrected chi connectivity index (χ1v) is 6.19. The highest BCUT2D eigenvalue weighted by Gasteiger charge is 2.22. The number of nitrogens with zero attached hydrogens (tertiary/aromatic N) is 1. The van der Waals surface area contributed by atoms with Crippen LogP contribution < -0.4 is 4.74 Å². The highest BCUT2D eigenvalue weighted by Crippen LogP contribution is 2.22. The van der Waals surface area contributed by atoms with E-state index >= 15 is 0 Å². The second-order valence-corrected chi connectivity index (χ2v) is 4.39. The zero-order valence-corrected chi connectivity index (χ0v) is 10.5. The van der Waals surface area contributed by atoms with Gasteiger partial charge in [-0.2, -0.15) is 0 Å². The number of amides is 1. The van der Waals surface area contributed by atoms with Gasteiger partial charge in [-0.15, -0.1) is 0 Å². The first-order chi connectivity index (χ1) is 8.77. The lowest BCUT2D eigenvalue weighted by molar-refractivity contribution is 0.0721. The summed E-state index contributed by atoms with van der Waals surface area (Å²) in [4.78, 5) is 25.3. The normalized spacial score (nSPS) is 15.3. The fourth-order valence-corrected chi connectivity index (χ4v) is 2.30. The standard InChI is InChI=1S/C14H17NO3/c1-18-13-7-5-6-11(12(13)10-16)14(17)15-8-3-2-4-9-15/h5-7,10H,2-4,8-9H2,1H3. The molecule has 0 aromatic heterocycles. The van der Waals surface area contributed by atoms with Crippen LogP contribution in [0.25, 0.3) is 0 Å². The summed E-state index contributed by atoms with van der Waals surface area (Å²) in [5, 5.41) is 0. The summed E-state index contributed by atoms with van der Waals surface area (Å²) in [6.45, 7) is 1.54. The molecule has 0 saturated carbocycles. The van der Waals surface area contributed by atoms with E-state index in [2.05, 4.69) is 0 Å². The predicted octanol–water partition coefficient (Wildman–Crippen LogP) is 2.13. The Hall–Kier alpha value is -1.84. The minimum atomic E-state index is -0.0734. The van der Waals surface area contributed by atoms with Gasteiger partial charge in [0.2, 0.25) is 0 Å². The van der Waals surface area contributed by atoms with Gasteiger partial charge in [-0.05, 0) is 31.4 Å². The highest BCUT2D eigenvalue weighted by molar-refractivity contribution is 6.02. The van der Waals surface area contributed by atoms with E-state index in [-0.39, 0.29) is 5.91 Å². The molecule has 1 aliphatic heterocycles. The molecule has 0 atom stereocenters. The van der Waals surface area contributed by atoms with Gasteiger partial charge in [0.1, 0.15) is 5.75 Å². The van der Waals surface area contributed by atoms with Crippen LogP contribution in [0, 0.1) is 0 Å². The second kappa shape index (κ2) is 5.67. The third-order valence-corrected chi connectivity index (χ3v) is 3.28. The molecule has 4 heteroatoms. The summed E-state index contributed by atoms with van der Waals surface area (Å²) in [6.07, 6.45) is 3.93. The first kappa shape index (κ1) is 12.6. The summed E-state index contributed by atoms with van der Waals surface area (Å²) < 4.78 is 5.11. The van der Waals surface area contributed by atoms with Gasteiger partial charge >= 0.3 is 0 Å². The van der Waals surface area contributed by atoms with Crippen molar-refractivity contribution in [1.29, 1.82) is 0 Å². The zero-order valence-electron chi connectivity index (χ0n) is 10.5. The average molecular weight is 247 g/mol. The SMILES string of the molecule is COc1cccc(C(=O)N2CCCCC2)c1C=O. The molecule has 1 saturated heterocycles. The highest BCUT2D eigenvalue weighted by atomic mass is 16.5. The minimum absolute atomic E-state index is 0.0734. The summed E-state index contributed by atoms with van der Waals surface area (Å²) in [5.74, 6) is 0.378. The molecule has 96 valence electrons. The van der Waals surface area contributed by atoms with Gasteiger partial charge in [0.15, 0.2) is 6.29 Å². The van der Waals surface area contributed by atoms with Crippen LogP contribution >= 0.6 is 0 Å². The maximum atomic E-state index is 12.4. The lowest BCUT2D eigenvalue weighted by Crippen LogP contribution is -2.36. The summed E-state index contributed by atoms with van der Waals surface area (Å²) in [6, 6.07) is 5.11. The molecule has 2 rings (SSSR count). The minimum Gasteiger partial charge on any atom is -0.496 e. The molecule has 1 heterocycles. The fourth-order valence-electron chi connectivity index (χ4n) is 2.30. The van der Waals surface area contributed by atoms with Crippen LogP contribution in [-0.2, 0) is 0 Å². The molecule has 1 aromatic rings. The molecule has 18 heavy (non-hydrogen) atoms. The van der Waals surface area contributed by atoms with Crippen molar-refractivity contribution in [2.75, 3.05) is 20.2 Å². The van der Waals surface area contributed by atoms with E-state index in [0.717, 1.165) is 25.9 Å². The van der Waals surface area contributed by atoms with E-state index in [1.165, 1.54) is 13.5 Å². The number of methoxy groups -OCH3 is 1. The van der Waals surface area contributed by atoms with Crippen LogP contribution in [-0.4, -0.2) is 37.3 Å². The van der Waals surface area contributed by atoms with Gasteiger partial charge in [0.25, 0.3) is 5.91 Å². The summed E-state index contributed by atoms with van der Waals surface area (Å²) >= 11 is 0. The Morgan fingerprint density at radius 3 is 2.61 bits per heavy atom. The molecule has 4 nitrogen and oxygen atoms in total. The number of benzene rings is 1. The molecule has 0 unspecified atom stereocenters. The van der Waals surface area contributed by atoms with Crippen LogP contribution in [0.4, 0.5) is 0 Å².